The molecule has 3 nitrogen and oxygen atoms in total. The summed E-state index contributed by atoms with van der Waals surface area (Å²) in [6.45, 7) is 9.43. The van der Waals surface area contributed by atoms with Gasteiger partial charge in [0.15, 0.2) is 5.79 Å². The maximum absolute atomic E-state index is 6.36. The molecule has 0 amide bonds. The Morgan fingerprint density at radius 2 is 1.77 bits per heavy atom. The summed E-state index contributed by atoms with van der Waals surface area (Å²) in [7, 11) is 0. The number of aryl methyl sites for hydroxylation is 1. The van der Waals surface area contributed by atoms with Crippen LogP contribution in [0.1, 0.15) is 89.2 Å². The topological polar surface area (TPSA) is 27.7 Å². The van der Waals surface area contributed by atoms with Gasteiger partial charge in [-0.2, -0.15) is 0 Å². The number of ether oxygens (including phenoxy) is 3. The number of hydrogen-bond acceptors (Lipinski definition) is 3. The molecule has 3 atom stereocenters. The highest BCUT2D eigenvalue weighted by molar-refractivity contribution is 5.42. The lowest BCUT2D eigenvalue weighted by molar-refractivity contribution is -0.257. The standard InChI is InChI=1S/C27H38O3/c1-4-15-28-20-6-7-21-19(18-20)5-8-23-22(21)9-10-24(2)26(23)11-13-27(24,14-12-26)25(3)29-16-17-30-25/h6-7,18,22-23H,4-5,8-17H2,1-3H3/t22-,23-,24+,26?,27?/m1/s1. The van der Waals surface area contributed by atoms with Crippen molar-refractivity contribution in [3.8, 4) is 5.75 Å². The zero-order valence-corrected chi connectivity index (χ0v) is 19.1. The van der Waals surface area contributed by atoms with Gasteiger partial charge in [-0.25, -0.2) is 0 Å². The van der Waals surface area contributed by atoms with E-state index in [2.05, 4.69) is 39.0 Å². The zero-order valence-electron chi connectivity index (χ0n) is 19.1. The summed E-state index contributed by atoms with van der Waals surface area (Å²) in [5.74, 6) is 2.25. The van der Waals surface area contributed by atoms with Gasteiger partial charge in [-0.05, 0) is 111 Å². The Bertz CT molecular complexity index is 831. The van der Waals surface area contributed by atoms with Crippen LogP contribution < -0.4 is 4.74 Å². The Hall–Kier alpha value is -1.06. The summed E-state index contributed by atoms with van der Waals surface area (Å²) >= 11 is 0. The third kappa shape index (κ3) is 2.19. The fraction of sp³-hybridized carbons (Fsp3) is 0.778. The van der Waals surface area contributed by atoms with Gasteiger partial charge in [0.1, 0.15) is 5.75 Å². The van der Waals surface area contributed by atoms with E-state index in [9.17, 15) is 0 Å². The van der Waals surface area contributed by atoms with Crippen molar-refractivity contribution in [2.24, 2.45) is 22.2 Å². The van der Waals surface area contributed by atoms with E-state index in [0.29, 0.717) is 10.8 Å². The van der Waals surface area contributed by atoms with E-state index in [1.165, 1.54) is 51.4 Å². The highest BCUT2D eigenvalue weighted by Crippen LogP contribution is 2.83. The fourth-order valence-corrected chi connectivity index (χ4v) is 9.38. The molecule has 0 spiro atoms. The van der Waals surface area contributed by atoms with Crippen molar-refractivity contribution in [2.45, 2.75) is 90.3 Å². The lowest BCUT2D eigenvalue weighted by atomic mass is 9.46. The highest BCUT2D eigenvalue weighted by Gasteiger charge is 2.78. The Kier molecular flexibility index (Phi) is 4.24. The molecule has 0 aromatic heterocycles. The maximum atomic E-state index is 6.36. The first kappa shape index (κ1) is 19.6. The largest absolute Gasteiger partial charge is 0.494 e. The van der Waals surface area contributed by atoms with Gasteiger partial charge in [-0.1, -0.05) is 19.9 Å². The van der Waals surface area contributed by atoms with Crippen LogP contribution in [0.5, 0.6) is 5.75 Å². The van der Waals surface area contributed by atoms with Crippen LogP contribution in [0.15, 0.2) is 18.2 Å². The van der Waals surface area contributed by atoms with Crippen LogP contribution in [0.25, 0.3) is 0 Å². The van der Waals surface area contributed by atoms with Gasteiger partial charge in [-0.15, -0.1) is 0 Å². The Balaban J connectivity index is 1.35. The van der Waals surface area contributed by atoms with E-state index >= 15 is 0 Å². The summed E-state index contributed by atoms with van der Waals surface area (Å²) in [6.07, 6.45) is 11.6. The van der Waals surface area contributed by atoms with E-state index in [0.717, 1.165) is 43.8 Å². The second kappa shape index (κ2) is 6.48. The molecule has 1 aromatic rings. The van der Waals surface area contributed by atoms with Crippen molar-refractivity contribution < 1.29 is 14.2 Å². The van der Waals surface area contributed by atoms with E-state index in [-0.39, 0.29) is 11.2 Å². The number of rotatable bonds is 4. The first-order chi connectivity index (χ1) is 14.5. The summed E-state index contributed by atoms with van der Waals surface area (Å²) in [5, 5.41) is 0. The molecule has 5 aliphatic rings. The normalized spacial score (nSPS) is 43.2. The van der Waals surface area contributed by atoms with Crippen LogP contribution in [0.3, 0.4) is 0 Å². The van der Waals surface area contributed by atoms with Crippen LogP contribution in [0.2, 0.25) is 0 Å². The summed E-state index contributed by atoms with van der Waals surface area (Å²) in [6, 6.07) is 7.00. The molecular weight excluding hydrogens is 372 g/mol. The number of benzene rings is 1. The third-order valence-corrected chi connectivity index (χ3v) is 10.7. The average molecular weight is 411 g/mol. The Morgan fingerprint density at radius 3 is 2.50 bits per heavy atom. The van der Waals surface area contributed by atoms with Crippen molar-refractivity contribution in [1.29, 1.82) is 0 Å². The zero-order chi connectivity index (χ0) is 20.6. The second-order valence-corrected chi connectivity index (χ2v) is 11.2. The molecule has 1 saturated heterocycles. The summed E-state index contributed by atoms with van der Waals surface area (Å²) in [5.41, 5.74) is 4.22. The lowest BCUT2D eigenvalue weighted by Gasteiger charge is -2.59. The summed E-state index contributed by atoms with van der Waals surface area (Å²) in [4.78, 5) is 0. The van der Waals surface area contributed by atoms with Gasteiger partial charge in [0.05, 0.1) is 19.8 Å². The van der Waals surface area contributed by atoms with Gasteiger partial charge in [0.2, 0.25) is 0 Å². The molecule has 1 aromatic carbocycles. The maximum Gasteiger partial charge on any atom is 0.171 e. The van der Waals surface area contributed by atoms with Gasteiger partial charge in [-0.3, -0.25) is 0 Å². The van der Waals surface area contributed by atoms with E-state index in [1.807, 2.05) is 0 Å². The van der Waals surface area contributed by atoms with Crippen molar-refractivity contribution in [1.82, 2.24) is 0 Å². The molecule has 1 heterocycles. The van der Waals surface area contributed by atoms with Crippen LogP contribution in [0.4, 0.5) is 0 Å². The van der Waals surface area contributed by atoms with Gasteiger partial charge in [0.25, 0.3) is 0 Å². The van der Waals surface area contributed by atoms with Crippen molar-refractivity contribution >= 4 is 0 Å². The molecule has 1 aliphatic heterocycles. The average Bonchev–Trinajstić information content (AvgIpc) is 3.41. The van der Waals surface area contributed by atoms with Gasteiger partial charge >= 0.3 is 0 Å². The molecule has 4 aliphatic carbocycles. The van der Waals surface area contributed by atoms with E-state index < -0.39 is 0 Å². The van der Waals surface area contributed by atoms with E-state index in [4.69, 9.17) is 14.2 Å². The number of hydrogen-bond donors (Lipinski definition) is 0. The Labute approximate surface area is 181 Å². The van der Waals surface area contributed by atoms with Crippen molar-refractivity contribution in [3.63, 3.8) is 0 Å². The lowest BCUT2D eigenvalue weighted by Crippen LogP contribution is -2.56. The molecule has 0 N–H and O–H groups in total. The molecule has 6 rings (SSSR count). The summed E-state index contributed by atoms with van der Waals surface area (Å²) < 4.78 is 18.7. The molecule has 2 bridgehead atoms. The van der Waals surface area contributed by atoms with Crippen LogP contribution in [0, 0.1) is 22.2 Å². The minimum Gasteiger partial charge on any atom is -0.494 e. The molecule has 4 fully saturated rings. The predicted octanol–water partition coefficient (Wildman–Crippen LogP) is 6.24. The van der Waals surface area contributed by atoms with Crippen molar-refractivity contribution in [2.75, 3.05) is 19.8 Å². The second-order valence-electron chi connectivity index (χ2n) is 11.2. The SMILES string of the molecule is CCCOc1ccc2c(c1)CC[C@@H]1[C@@H]2CC[C@@]2(C)C13CCC2(C1(C)OCCO1)CC3. The van der Waals surface area contributed by atoms with Gasteiger partial charge in [0, 0.05) is 5.41 Å². The van der Waals surface area contributed by atoms with Crippen molar-refractivity contribution in [3.05, 3.63) is 29.3 Å². The quantitative estimate of drug-likeness (QED) is 0.587. The molecule has 0 unspecified atom stereocenters. The first-order valence-electron chi connectivity index (χ1n) is 12.5. The molecule has 30 heavy (non-hydrogen) atoms. The molecule has 164 valence electrons. The smallest absolute Gasteiger partial charge is 0.171 e. The molecular formula is C27H38O3. The number of fused-ring (bicyclic) bond motifs is 3. The van der Waals surface area contributed by atoms with Crippen LogP contribution >= 0.6 is 0 Å². The minimum absolute atomic E-state index is 0.208. The van der Waals surface area contributed by atoms with Crippen LogP contribution in [-0.2, 0) is 15.9 Å². The highest BCUT2D eigenvalue weighted by atomic mass is 16.7. The van der Waals surface area contributed by atoms with E-state index in [1.54, 1.807) is 11.1 Å². The van der Waals surface area contributed by atoms with Gasteiger partial charge < -0.3 is 14.2 Å². The van der Waals surface area contributed by atoms with Crippen LogP contribution in [-0.4, -0.2) is 25.6 Å². The minimum atomic E-state index is -0.370. The first-order valence-corrected chi connectivity index (χ1v) is 12.5. The molecule has 3 saturated carbocycles. The molecule has 3 heteroatoms. The fourth-order valence-electron chi connectivity index (χ4n) is 9.38. The Morgan fingerprint density at radius 1 is 1.00 bits per heavy atom. The third-order valence-electron chi connectivity index (χ3n) is 10.7. The predicted molar refractivity (Wildman–Crippen MR) is 118 cm³/mol. The molecule has 0 radical (unpaired) electrons. The monoisotopic (exact) mass is 410 g/mol.